The lowest BCUT2D eigenvalue weighted by Crippen LogP contribution is -2.32. The summed E-state index contributed by atoms with van der Waals surface area (Å²) in [6.45, 7) is 5.11. The van der Waals surface area contributed by atoms with Gasteiger partial charge in [0.05, 0.1) is 6.67 Å². The first-order valence-electron chi connectivity index (χ1n) is 9.27. The topological polar surface area (TPSA) is 26.0 Å². The fraction of sp³-hybridized carbons (Fsp3) is 0.333. The minimum absolute atomic E-state index is 0.748. The fourth-order valence-corrected chi connectivity index (χ4v) is 3.78. The van der Waals surface area contributed by atoms with Crippen LogP contribution in [-0.4, -0.2) is 32.3 Å². The molecule has 0 unspecified atom stereocenters. The summed E-state index contributed by atoms with van der Waals surface area (Å²) in [7, 11) is 0. The summed E-state index contributed by atoms with van der Waals surface area (Å²) >= 11 is 5.83. The lowest BCUT2D eigenvalue weighted by Gasteiger charge is -2.25. The van der Waals surface area contributed by atoms with Gasteiger partial charge in [-0.3, -0.25) is 9.47 Å². The Labute approximate surface area is 159 Å². The molecular formula is C21H24N4S. The molecule has 1 aliphatic rings. The molecule has 26 heavy (non-hydrogen) atoms. The summed E-state index contributed by atoms with van der Waals surface area (Å²) in [6, 6.07) is 18.8. The van der Waals surface area contributed by atoms with Gasteiger partial charge >= 0.3 is 0 Å². The van der Waals surface area contributed by atoms with E-state index in [0.29, 0.717) is 0 Å². The third kappa shape index (κ3) is 3.50. The predicted molar refractivity (Wildman–Crippen MR) is 108 cm³/mol. The molecule has 4 nitrogen and oxygen atoms in total. The standard InChI is InChI=1S/C21H24N4S/c1-17-10-12-18(13-11-17)20-22-24(16-23-14-6-3-7-15-23)21(26)25(20)19-8-4-2-5-9-19/h2,4-5,8-13H,3,6-7,14-16H2,1H3. The maximum absolute atomic E-state index is 5.83. The number of benzene rings is 2. The second-order valence-corrected chi connectivity index (χ2v) is 7.33. The largest absolute Gasteiger partial charge is 0.284 e. The van der Waals surface area contributed by atoms with Crippen molar-refractivity contribution in [3.63, 3.8) is 0 Å². The van der Waals surface area contributed by atoms with Gasteiger partial charge in [-0.05, 0) is 57.2 Å². The van der Waals surface area contributed by atoms with E-state index in [0.717, 1.165) is 41.6 Å². The van der Waals surface area contributed by atoms with Crippen molar-refractivity contribution in [2.24, 2.45) is 0 Å². The number of hydrogen-bond donors (Lipinski definition) is 0. The molecule has 0 amide bonds. The number of aromatic nitrogens is 3. The van der Waals surface area contributed by atoms with Crippen LogP contribution in [0, 0.1) is 11.7 Å². The highest BCUT2D eigenvalue weighted by molar-refractivity contribution is 7.71. The maximum Gasteiger partial charge on any atom is 0.204 e. The van der Waals surface area contributed by atoms with Crippen LogP contribution in [0.5, 0.6) is 0 Å². The van der Waals surface area contributed by atoms with Crippen LogP contribution in [0.2, 0.25) is 0 Å². The number of para-hydroxylation sites is 1. The number of piperidine rings is 1. The third-order valence-corrected chi connectivity index (χ3v) is 5.34. The molecule has 1 aliphatic heterocycles. The molecule has 1 fully saturated rings. The van der Waals surface area contributed by atoms with Gasteiger partial charge in [0.25, 0.3) is 0 Å². The van der Waals surface area contributed by atoms with Crippen molar-refractivity contribution in [1.82, 2.24) is 19.2 Å². The van der Waals surface area contributed by atoms with Crippen molar-refractivity contribution in [3.8, 4) is 17.1 Å². The molecule has 0 radical (unpaired) electrons. The highest BCUT2D eigenvalue weighted by atomic mass is 32.1. The van der Waals surface area contributed by atoms with E-state index in [4.69, 9.17) is 17.3 Å². The Morgan fingerprint density at radius 3 is 2.31 bits per heavy atom. The van der Waals surface area contributed by atoms with Crippen LogP contribution in [0.25, 0.3) is 17.1 Å². The van der Waals surface area contributed by atoms with Gasteiger partial charge in [-0.25, -0.2) is 4.68 Å². The molecular weight excluding hydrogens is 340 g/mol. The van der Waals surface area contributed by atoms with Crippen molar-refractivity contribution >= 4 is 12.2 Å². The highest BCUT2D eigenvalue weighted by Gasteiger charge is 2.17. The summed E-state index contributed by atoms with van der Waals surface area (Å²) < 4.78 is 4.81. The van der Waals surface area contributed by atoms with E-state index in [1.54, 1.807) is 0 Å². The van der Waals surface area contributed by atoms with Crippen molar-refractivity contribution in [1.29, 1.82) is 0 Å². The first kappa shape index (κ1) is 17.2. The Kier molecular flexibility index (Phi) is 5.00. The average molecular weight is 365 g/mol. The zero-order valence-corrected chi connectivity index (χ0v) is 16.0. The molecule has 1 saturated heterocycles. The first-order valence-corrected chi connectivity index (χ1v) is 9.68. The van der Waals surface area contributed by atoms with Crippen LogP contribution in [0.15, 0.2) is 54.6 Å². The summed E-state index contributed by atoms with van der Waals surface area (Å²) in [4.78, 5) is 2.44. The molecule has 0 spiro atoms. The Morgan fingerprint density at radius 2 is 1.62 bits per heavy atom. The van der Waals surface area contributed by atoms with Gasteiger partial charge in [0.2, 0.25) is 4.77 Å². The third-order valence-electron chi connectivity index (χ3n) is 4.95. The number of likely N-dealkylation sites (tertiary alicyclic amines) is 1. The van der Waals surface area contributed by atoms with E-state index in [1.807, 2.05) is 22.9 Å². The van der Waals surface area contributed by atoms with Gasteiger partial charge in [-0.1, -0.05) is 54.4 Å². The van der Waals surface area contributed by atoms with Gasteiger partial charge in [0, 0.05) is 11.3 Å². The molecule has 2 aromatic carbocycles. The molecule has 0 N–H and O–H groups in total. The van der Waals surface area contributed by atoms with Gasteiger partial charge in [0.1, 0.15) is 0 Å². The molecule has 0 atom stereocenters. The van der Waals surface area contributed by atoms with Crippen LogP contribution in [0.1, 0.15) is 24.8 Å². The minimum atomic E-state index is 0.748. The van der Waals surface area contributed by atoms with Crippen molar-refractivity contribution < 1.29 is 0 Å². The number of aryl methyl sites for hydroxylation is 1. The van der Waals surface area contributed by atoms with E-state index in [2.05, 4.69) is 52.8 Å². The smallest absolute Gasteiger partial charge is 0.204 e. The molecule has 0 aliphatic carbocycles. The SMILES string of the molecule is Cc1ccc(-c2nn(CN3CCCCC3)c(=S)n2-c2ccccc2)cc1. The first-order chi connectivity index (χ1) is 12.7. The summed E-state index contributed by atoms with van der Waals surface area (Å²) in [5.41, 5.74) is 3.38. The molecule has 1 aromatic heterocycles. The number of hydrogen-bond acceptors (Lipinski definition) is 3. The zero-order chi connectivity index (χ0) is 17.9. The van der Waals surface area contributed by atoms with E-state index < -0.39 is 0 Å². The maximum atomic E-state index is 5.83. The summed E-state index contributed by atoms with van der Waals surface area (Å²) in [6.07, 6.45) is 3.85. The summed E-state index contributed by atoms with van der Waals surface area (Å²) in [5, 5.41) is 4.91. The predicted octanol–water partition coefficient (Wildman–Crippen LogP) is 4.82. The van der Waals surface area contributed by atoms with Crippen LogP contribution in [-0.2, 0) is 6.67 Å². The number of rotatable bonds is 4. The lowest BCUT2D eigenvalue weighted by molar-refractivity contribution is 0.172. The van der Waals surface area contributed by atoms with Crippen LogP contribution >= 0.6 is 12.2 Å². The lowest BCUT2D eigenvalue weighted by atomic mass is 10.1. The Hall–Kier alpha value is -2.24. The molecule has 134 valence electrons. The highest BCUT2D eigenvalue weighted by Crippen LogP contribution is 2.23. The molecule has 0 bridgehead atoms. The van der Waals surface area contributed by atoms with E-state index in [-0.39, 0.29) is 0 Å². The van der Waals surface area contributed by atoms with Gasteiger partial charge in [-0.2, -0.15) is 0 Å². The van der Waals surface area contributed by atoms with Crippen molar-refractivity contribution in [2.45, 2.75) is 32.9 Å². The average Bonchev–Trinajstić information content (AvgIpc) is 3.00. The van der Waals surface area contributed by atoms with E-state index in [9.17, 15) is 0 Å². The second-order valence-electron chi connectivity index (χ2n) is 6.96. The van der Waals surface area contributed by atoms with Crippen LogP contribution < -0.4 is 0 Å². The molecule has 3 aromatic rings. The minimum Gasteiger partial charge on any atom is -0.284 e. The van der Waals surface area contributed by atoms with Gasteiger partial charge in [-0.15, -0.1) is 5.10 Å². The molecule has 0 saturated carbocycles. The number of nitrogens with zero attached hydrogens (tertiary/aromatic N) is 4. The van der Waals surface area contributed by atoms with Gasteiger partial charge in [0.15, 0.2) is 5.82 Å². The molecule has 2 heterocycles. The van der Waals surface area contributed by atoms with E-state index >= 15 is 0 Å². The van der Waals surface area contributed by atoms with Crippen molar-refractivity contribution in [3.05, 3.63) is 64.9 Å². The normalized spacial score (nSPS) is 15.3. The van der Waals surface area contributed by atoms with Crippen molar-refractivity contribution in [2.75, 3.05) is 13.1 Å². The Bertz CT molecular complexity index is 919. The van der Waals surface area contributed by atoms with Crippen LogP contribution in [0.4, 0.5) is 0 Å². The Morgan fingerprint density at radius 1 is 0.923 bits per heavy atom. The Balaban J connectivity index is 1.79. The van der Waals surface area contributed by atoms with E-state index in [1.165, 1.54) is 24.8 Å². The quantitative estimate of drug-likeness (QED) is 0.621. The molecule has 4 rings (SSSR count). The second kappa shape index (κ2) is 7.56. The van der Waals surface area contributed by atoms with Gasteiger partial charge < -0.3 is 0 Å². The summed E-state index contributed by atoms with van der Waals surface area (Å²) in [5.74, 6) is 0.901. The fourth-order valence-electron chi connectivity index (χ4n) is 3.49. The zero-order valence-electron chi connectivity index (χ0n) is 15.1. The molecule has 5 heteroatoms. The van der Waals surface area contributed by atoms with Crippen LogP contribution in [0.3, 0.4) is 0 Å². The monoisotopic (exact) mass is 364 g/mol.